The van der Waals surface area contributed by atoms with Crippen LogP contribution in [-0.4, -0.2) is 57.6 Å². The molecule has 0 aliphatic heterocycles. The molecule has 0 atom stereocenters. The fourth-order valence-corrected chi connectivity index (χ4v) is 5.61. The first-order valence-corrected chi connectivity index (χ1v) is 13.5. The van der Waals surface area contributed by atoms with Gasteiger partial charge >= 0.3 is 0 Å². The fraction of sp³-hybridized carbons (Fsp3) is 0.308. The molecular weight excluding hydrogens is 492 g/mol. The van der Waals surface area contributed by atoms with Gasteiger partial charge in [0.1, 0.15) is 11.7 Å². The van der Waals surface area contributed by atoms with Crippen molar-refractivity contribution in [2.24, 2.45) is 0 Å². The maximum Gasteiger partial charge on any atom is 0.264 e. The molecule has 1 amide bonds. The van der Waals surface area contributed by atoms with Crippen molar-refractivity contribution in [1.29, 1.82) is 0 Å². The molecule has 1 N–H and O–H groups in total. The van der Waals surface area contributed by atoms with Crippen molar-refractivity contribution < 1.29 is 13.2 Å². The summed E-state index contributed by atoms with van der Waals surface area (Å²) in [6.07, 6.45) is 3.01. The highest BCUT2D eigenvalue weighted by Crippen LogP contribution is 2.16. The van der Waals surface area contributed by atoms with Gasteiger partial charge in [-0.05, 0) is 36.8 Å². The molecule has 2 heterocycles. The van der Waals surface area contributed by atoms with Gasteiger partial charge in [0, 0.05) is 25.2 Å². The van der Waals surface area contributed by atoms with E-state index in [2.05, 4.69) is 15.4 Å². The maximum absolute atomic E-state index is 12.9. The number of nitrogens with one attached hydrogen (secondary N) is 1. The second-order valence-electron chi connectivity index (χ2n) is 8.64. The highest BCUT2D eigenvalue weighted by atomic mass is 32.2. The molecule has 0 saturated carbocycles. The summed E-state index contributed by atoms with van der Waals surface area (Å²) in [5.74, 6) is -0.336. The van der Waals surface area contributed by atoms with Crippen LogP contribution in [0.25, 0.3) is 11.0 Å². The van der Waals surface area contributed by atoms with Crippen molar-refractivity contribution in [3.63, 3.8) is 0 Å². The molecular formula is C26H30N6O4S. The van der Waals surface area contributed by atoms with Crippen LogP contribution in [0, 0.1) is 6.92 Å². The van der Waals surface area contributed by atoms with E-state index in [4.69, 9.17) is 0 Å². The van der Waals surface area contributed by atoms with Gasteiger partial charge < -0.3 is 5.32 Å². The van der Waals surface area contributed by atoms with E-state index in [1.165, 1.54) is 41.1 Å². The molecule has 2 aromatic carbocycles. The maximum atomic E-state index is 12.9. The van der Waals surface area contributed by atoms with Crippen LogP contribution in [0.15, 0.2) is 70.7 Å². The third-order valence-electron chi connectivity index (χ3n) is 6.13. The third kappa shape index (κ3) is 5.62. The van der Waals surface area contributed by atoms with E-state index < -0.39 is 10.0 Å². The molecule has 37 heavy (non-hydrogen) atoms. The van der Waals surface area contributed by atoms with Crippen molar-refractivity contribution in [3.8, 4) is 0 Å². The summed E-state index contributed by atoms with van der Waals surface area (Å²) < 4.78 is 29.7. The molecule has 0 fully saturated rings. The number of hydrogen-bond acceptors (Lipinski definition) is 6. The summed E-state index contributed by atoms with van der Waals surface area (Å²) in [6, 6.07) is 13.8. The average molecular weight is 523 g/mol. The number of benzene rings is 2. The van der Waals surface area contributed by atoms with Gasteiger partial charge in [-0.2, -0.15) is 9.40 Å². The van der Waals surface area contributed by atoms with E-state index in [-0.39, 0.29) is 22.9 Å². The zero-order chi connectivity index (χ0) is 26.6. The summed E-state index contributed by atoms with van der Waals surface area (Å²) in [5, 5.41) is 7.48. The zero-order valence-corrected chi connectivity index (χ0v) is 21.9. The predicted molar refractivity (Wildman–Crippen MR) is 141 cm³/mol. The second-order valence-corrected chi connectivity index (χ2v) is 10.6. The molecule has 0 aliphatic rings. The number of rotatable bonds is 10. The molecule has 0 aliphatic carbocycles. The number of aryl methyl sites for hydroxylation is 1. The molecule has 0 saturated heterocycles. The number of sulfonamides is 1. The smallest absolute Gasteiger partial charge is 0.264 e. The monoisotopic (exact) mass is 522 g/mol. The van der Waals surface area contributed by atoms with E-state index in [0.717, 1.165) is 11.1 Å². The SMILES string of the molecule is CCN(CC)S(=O)(=O)c1ccc(C(=O)NCCn2ncc3c(=O)n(Cc4cccc(C)c4)cnc32)cc1. The number of carbonyl (C=O) groups excluding carboxylic acids is 1. The summed E-state index contributed by atoms with van der Waals surface area (Å²) in [6.45, 7) is 7.30. The first-order valence-electron chi connectivity index (χ1n) is 12.1. The third-order valence-corrected chi connectivity index (χ3v) is 8.19. The Balaban J connectivity index is 1.40. The van der Waals surface area contributed by atoms with Crippen LogP contribution in [0.5, 0.6) is 0 Å². The molecule has 10 nitrogen and oxygen atoms in total. The Morgan fingerprint density at radius 1 is 1.08 bits per heavy atom. The van der Waals surface area contributed by atoms with Gasteiger partial charge in [0.05, 0.1) is 24.2 Å². The van der Waals surface area contributed by atoms with Gasteiger partial charge in [-0.3, -0.25) is 14.2 Å². The molecule has 2 aromatic heterocycles. The van der Waals surface area contributed by atoms with E-state index in [1.807, 2.05) is 31.2 Å². The minimum atomic E-state index is -3.58. The fourth-order valence-electron chi connectivity index (χ4n) is 4.15. The van der Waals surface area contributed by atoms with E-state index >= 15 is 0 Å². The topological polar surface area (TPSA) is 119 Å². The zero-order valence-electron chi connectivity index (χ0n) is 21.1. The van der Waals surface area contributed by atoms with Gasteiger partial charge in [-0.1, -0.05) is 43.7 Å². The van der Waals surface area contributed by atoms with Gasteiger partial charge in [0.25, 0.3) is 11.5 Å². The summed E-state index contributed by atoms with van der Waals surface area (Å²) in [4.78, 5) is 30.1. The normalized spacial score (nSPS) is 11.8. The van der Waals surface area contributed by atoms with Gasteiger partial charge in [0.2, 0.25) is 10.0 Å². The molecule has 11 heteroatoms. The molecule has 0 spiro atoms. The Morgan fingerprint density at radius 3 is 2.49 bits per heavy atom. The highest BCUT2D eigenvalue weighted by Gasteiger charge is 2.21. The molecule has 4 aromatic rings. The van der Waals surface area contributed by atoms with Gasteiger partial charge in [-0.25, -0.2) is 18.1 Å². The van der Waals surface area contributed by atoms with Crippen LogP contribution in [-0.2, 0) is 23.1 Å². The minimum Gasteiger partial charge on any atom is -0.350 e. The van der Waals surface area contributed by atoms with Crippen molar-refractivity contribution >= 4 is 27.0 Å². The van der Waals surface area contributed by atoms with Gasteiger partial charge in [-0.15, -0.1) is 0 Å². The number of nitrogens with zero attached hydrogens (tertiary/aromatic N) is 5. The first kappa shape index (κ1) is 26.2. The molecule has 0 unspecified atom stereocenters. The lowest BCUT2D eigenvalue weighted by atomic mass is 10.1. The standard InChI is InChI=1S/C26H30N6O4S/c1-4-31(5-2)37(35,36)22-11-9-21(10-12-22)25(33)27-13-14-32-24-23(16-29-32)26(34)30(18-28-24)17-20-8-6-7-19(3)15-20/h6-12,15-16,18H,4-5,13-14,17H2,1-3H3,(H,27,33). The van der Waals surface area contributed by atoms with Crippen LogP contribution >= 0.6 is 0 Å². The lowest BCUT2D eigenvalue weighted by Gasteiger charge is -2.18. The lowest BCUT2D eigenvalue weighted by molar-refractivity contribution is 0.0952. The number of hydrogen-bond donors (Lipinski definition) is 1. The molecule has 194 valence electrons. The Bertz CT molecular complexity index is 1570. The summed E-state index contributed by atoms with van der Waals surface area (Å²) in [5.41, 5.74) is 2.75. The van der Waals surface area contributed by atoms with Crippen LogP contribution in [0.1, 0.15) is 35.3 Å². The lowest BCUT2D eigenvalue weighted by Crippen LogP contribution is -2.31. The number of aromatic nitrogens is 4. The quantitative estimate of drug-likeness (QED) is 0.342. The number of fused-ring (bicyclic) bond motifs is 1. The Hall–Kier alpha value is -3.83. The second kappa shape index (κ2) is 11.1. The number of amides is 1. The average Bonchev–Trinajstić information content (AvgIpc) is 3.30. The van der Waals surface area contributed by atoms with Gasteiger partial charge in [0.15, 0.2) is 5.65 Å². The minimum absolute atomic E-state index is 0.148. The Morgan fingerprint density at radius 2 is 1.81 bits per heavy atom. The summed E-state index contributed by atoms with van der Waals surface area (Å²) in [7, 11) is -3.58. The van der Waals surface area contributed by atoms with Crippen LogP contribution in [0.3, 0.4) is 0 Å². The van der Waals surface area contributed by atoms with E-state index in [1.54, 1.807) is 23.1 Å². The Kier molecular flexibility index (Phi) is 7.84. The largest absolute Gasteiger partial charge is 0.350 e. The van der Waals surface area contributed by atoms with E-state index in [0.29, 0.717) is 42.8 Å². The molecule has 0 bridgehead atoms. The van der Waals surface area contributed by atoms with Crippen molar-refractivity contribution in [2.75, 3.05) is 19.6 Å². The van der Waals surface area contributed by atoms with Crippen molar-refractivity contribution in [3.05, 3.63) is 88.1 Å². The first-order chi connectivity index (χ1) is 17.7. The van der Waals surface area contributed by atoms with Crippen LogP contribution in [0.4, 0.5) is 0 Å². The van der Waals surface area contributed by atoms with Crippen LogP contribution < -0.4 is 10.9 Å². The van der Waals surface area contributed by atoms with Crippen molar-refractivity contribution in [1.82, 2.24) is 29.0 Å². The van der Waals surface area contributed by atoms with Crippen molar-refractivity contribution in [2.45, 2.75) is 38.8 Å². The van der Waals surface area contributed by atoms with E-state index in [9.17, 15) is 18.0 Å². The Labute approximate surface area is 215 Å². The number of carbonyl (C=O) groups is 1. The highest BCUT2D eigenvalue weighted by molar-refractivity contribution is 7.89. The van der Waals surface area contributed by atoms with Crippen LogP contribution in [0.2, 0.25) is 0 Å². The summed E-state index contributed by atoms with van der Waals surface area (Å²) >= 11 is 0. The molecule has 4 rings (SSSR count). The predicted octanol–water partition coefficient (Wildman–Crippen LogP) is 2.41. The molecule has 0 radical (unpaired) electrons.